The van der Waals surface area contributed by atoms with E-state index >= 15 is 0 Å². The minimum absolute atomic E-state index is 0.290. The fourth-order valence-electron chi connectivity index (χ4n) is 2.61. The summed E-state index contributed by atoms with van der Waals surface area (Å²) in [7, 11) is 0. The number of aromatic nitrogens is 1. The molecule has 0 aromatic carbocycles. The molecule has 110 valence electrons. The van der Waals surface area contributed by atoms with E-state index in [2.05, 4.69) is 15.2 Å². The first kappa shape index (κ1) is 14.8. The average molecular weight is 277 g/mol. The lowest BCUT2D eigenvalue weighted by atomic mass is 10.1. The van der Waals surface area contributed by atoms with Crippen molar-refractivity contribution in [3.05, 3.63) is 24.4 Å². The number of carbonyl (C=O) groups is 1. The van der Waals surface area contributed by atoms with Gasteiger partial charge in [-0.15, -0.1) is 0 Å². The van der Waals surface area contributed by atoms with E-state index in [1.807, 2.05) is 18.2 Å². The molecule has 0 aliphatic carbocycles. The zero-order valence-corrected chi connectivity index (χ0v) is 11.8. The van der Waals surface area contributed by atoms with Crippen LogP contribution in [0, 0.1) is 5.92 Å². The second-order valence-electron chi connectivity index (χ2n) is 5.40. The number of rotatable bonds is 8. The van der Waals surface area contributed by atoms with Crippen LogP contribution in [0.5, 0.6) is 0 Å². The number of carboxylic acids is 1. The summed E-state index contributed by atoms with van der Waals surface area (Å²) in [5.74, 6) is 0.910. The van der Waals surface area contributed by atoms with Crippen LogP contribution in [0.15, 0.2) is 24.4 Å². The molecule has 1 aromatic rings. The van der Waals surface area contributed by atoms with Crippen LogP contribution in [0.3, 0.4) is 0 Å². The summed E-state index contributed by atoms with van der Waals surface area (Å²) >= 11 is 0. The lowest BCUT2D eigenvalue weighted by molar-refractivity contribution is -0.137. The highest BCUT2D eigenvalue weighted by molar-refractivity contribution is 5.66. The third-order valence-corrected chi connectivity index (χ3v) is 3.72. The Labute approximate surface area is 120 Å². The molecule has 1 aliphatic rings. The van der Waals surface area contributed by atoms with Gasteiger partial charge < -0.3 is 15.3 Å². The molecule has 0 amide bonds. The van der Waals surface area contributed by atoms with Crippen LogP contribution in [0.2, 0.25) is 0 Å². The highest BCUT2D eigenvalue weighted by Crippen LogP contribution is 2.17. The zero-order valence-electron chi connectivity index (χ0n) is 11.8. The van der Waals surface area contributed by atoms with Crippen LogP contribution in [0.1, 0.15) is 25.7 Å². The van der Waals surface area contributed by atoms with Crippen molar-refractivity contribution in [1.82, 2.24) is 9.88 Å². The molecule has 20 heavy (non-hydrogen) atoms. The molecule has 1 atom stereocenters. The van der Waals surface area contributed by atoms with Crippen molar-refractivity contribution in [3.8, 4) is 0 Å². The van der Waals surface area contributed by atoms with Crippen molar-refractivity contribution in [2.45, 2.75) is 25.7 Å². The summed E-state index contributed by atoms with van der Waals surface area (Å²) < 4.78 is 0. The fourth-order valence-corrected chi connectivity index (χ4v) is 2.61. The van der Waals surface area contributed by atoms with E-state index in [0.29, 0.717) is 12.3 Å². The van der Waals surface area contributed by atoms with Crippen molar-refractivity contribution in [2.24, 2.45) is 5.92 Å². The Balaban J connectivity index is 1.59. The quantitative estimate of drug-likeness (QED) is 0.712. The van der Waals surface area contributed by atoms with Gasteiger partial charge in [-0.05, 0) is 50.4 Å². The van der Waals surface area contributed by atoms with Gasteiger partial charge in [0.25, 0.3) is 0 Å². The Bertz CT molecular complexity index is 411. The summed E-state index contributed by atoms with van der Waals surface area (Å²) in [6, 6.07) is 5.89. The number of nitrogens with zero attached hydrogens (tertiary/aromatic N) is 2. The Morgan fingerprint density at radius 3 is 3.10 bits per heavy atom. The first-order chi connectivity index (χ1) is 9.74. The van der Waals surface area contributed by atoms with Crippen LogP contribution in [0.25, 0.3) is 0 Å². The Morgan fingerprint density at radius 2 is 2.35 bits per heavy atom. The van der Waals surface area contributed by atoms with E-state index in [-0.39, 0.29) is 0 Å². The third-order valence-electron chi connectivity index (χ3n) is 3.72. The Kier molecular flexibility index (Phi) is 5.80. The van der Waals surface area contributed by atoms with Gasteiger partial charge in [-0.3, -0.25) is 4.79 Å². The molecule has 0 bridgehead atoms. The summed E-state index contributed by atoms with van der Waals surface area (Å²) in [5, 5.41) is 12.0. The van der Waals surface area contributed by atoms with Crippen LogP contribution in [-0.2, 0) is 4.79 Å². The van der Waals surface area contributed by atoms with Crippen LogP contribution >= 0.6 is 0 Å². The number of hydrogen-bond donors (Lipinski definition) is 2. The minimum atomic E-state index is -0.691. The second kappa shape index (κ2) is 7.85. The van der Waals surface area contributed by atoms with Gasteiger partial charge in [-0.1, -0.05) is 6.07 Å². The predicted octanol–water partition coefficient (Wildman–Crippen LogP) is 2.07. The maximum absolute atomic E-state index is 10.4. The molecule has 5 heteroatoms. The Morgan fingerprint density at radius 1 is 1.45 bits per heavy atom. The summed E-state index contributed by atoms with van der Waals surface area (Å²) in [6.45, 7) is 4.21. The molecule has 1 unspecified atom stereocenters. The largest absolute Gasteiger partial charge is 0.481 e. The number of unbranched alkanes of at least 4 members (excludes halogenated alkanes) is 1. The fraction of sp³-hybridized carbons (Fsp3) is 0.600. The molecular weight excluding hydrogens is 254 g/mol. The van der Waals surface area contributed by atoms with Crippen molar-refractivity contribution in [2.75, 3.05) is 31.5 Å². The lowest BCUT2D eigenvalue weighted by Gasteiger charge is -2.16. The van der Waals surface area contributed by atoms with E-state index in [0.717, 1.165) is 44.8 Å². The maximum Gasteiger partial charge on any atom is 0.303 e. The molecule has 2 rings (SSSR count). The summed E-state index contributed by atoms with van der Waals surface area (Å²) in [4.78, 5) is 17.1. The summed E-state index contributed by atoms with van der Waals surface area (Å²) in [5.41, 5.74) is 0. The number of nitrogens with one attached hydrogen (secondary N) is 1. The van der Waals surface area contributed by atoms with Crippen LogP contribution < -0.4 is 5.32 Å². The first-order valence-corrected chi connectivity index (χ1v) is 7.33. The molecule has 2 N–H and O–H groups in total. The van der Waals surface area contributed by atoms with Crippen LogP contribution in [0.4, 0.5) is 5.82 Å². The number of likely N-dealkylation sites (tertiary alicyclic amines) is 1. The van der Waals surface area contributed by atoms with E-state index in [1.54, 1.807) is 6.20 Å². The van der Waals surface area contributed by atoms with E-state index in [1.165, 1.54) is 6.42 Å². The van der Waals surface area contributed by atoms with Gasteiger partial charge in [0, 0.05) is 25.7 Å². The van der Waals surface area contributed by atoms with Gasteiger partial charge in [0.1, 0.15) is 5.82 Å². The topological polar surface area (TPSA) is 65.5 Å². The number of pyridine rings is 1. The van der Waals surface area contributed by atoms with Crippen molar-refractivity contribution < 1.29 is 9.90 Å². The number of aliphatic carboxylic acids is 1. The standard InChI is InChI=1S/C15H23N3O2/c19-15(20)6-2-4-9-18-10-7-13(12-18)11-17-14-5-1-3-8-16-14/h1,3,5,8,13H,2,4,6-7,9-12H2,(H,16,17)(H,19,20). The second-order valence-corrected chi connectivity index (χ2v) is 5.40. The van der Waals surface area contributed by atoms with Gasteiger partial charge in [0.05, 0.1) is 0 Å². The monoisotopic (exact) mass is 277 g/mol. The first-order valence-electron chi connectivity index (χ1n) is 7.33. The zero-order chi connectivity index (χ0) is 14.2. The van der Waals surface area contributed by atoms with Gasteiger partial charge in [-0.25, -0.2) is 4.98 Å². The molecule has 5 nitrogen and oxygen atoms in total. The number of anilines is 1. The number of carboxylic acid groups (broad SMARTS) is 1. The van der Waals surface area contributed by atoms with Crippen LogP contribution in [-0.4, -0.2) is 47.1 Å². The van der Waals surface area contributed by atoms with E-state index < -0.39 is 5.97 Å². The molecule has 1 aromatic heterocycles. The molecule has 1 fully saturated rings. The van der Waals surface area contributed by atoms with E-state index in [9.17, 15) is 4.79 Å². The maximum atomic E-state index is 10.4. The summed E-state index contributed by atoms with van der Waals surface area (Å²) in [6.07, 6.45) is 5.05. The van der Waals surface area contributed by atoms with Gasteiger partial charge in [0.2, 0.25) is 0 Å². The number of hydrogen-bond acceptors (Lipinski definition) is 4. The van der Waals surface area contributed by atoms with Crippen molar-refractivity contribution >= 4 is 11.8 Å². The predicted molar refractivity (Wildman–Crippen MR) is 78.8 cm³/mol. The molecular formula is C15H23N3O2. The van der Waals surface area contributed by atoms with Gasteiger partial charge >= 0.3 is 5.97 Å². The molecule has 2 heterocycles. The molecule has 1 aliphatic heterocycles. The molecule has 1 saturated heterocycles. The van der Waals surface area contributed by atoms with Crippen molar-refractivity contribution in [1.29, 1.82) is 0 Å². The SMILES string of the molecule is O=C(O)CCCCN1CCC(CNc2ccccn2)C1. The molecule has 0 radical (unpaired) electrons. The van der Waals surface area contributed by atoms with E-state index in [4.69, 9.17) is 5.11 Å². The highest BCUT2D eigenvalue weighted by atomic mass is 16.4. The molecule has 0 spiro atoms. The average Bonchev–Trinajstić information content (AvgIpc) is 2.90. The lowest BCUT2D eigenvalue weighted by Crippen LogP contribution is -2.24. The Hall–Kier alpha value is -1.62. The van der Waals surface area contributed by atoms with Gasteiger partial charge in [0.15, 0.2) is 0 Å². The minimum Gasteiger partial charge on any atom is -0.481 e. The molecule has 0 saturated carbocycles. The van der Waals surface area contributed by atoms with Gasteiger partial charge in [-0.2, -0.15) is 0 Å². The van der Waals surface area contributed by atoms with Crippen molar-refractivity contribution in [3.63, 3.8) is 0 Å². The smallest absolute Gasteiger partial charge is 0.303 e. The normalized spacial score (nSPS) is 19.1. The third kappa shape index (κ3) is 5.17. The highest BCUT2D eigenvalue weighted by Gasteiger charge is 2.21.